The van der Waals surface area contributed by atoms with Crippen LogP contribution in [0.3, 0.4) is 0 Å². The molecule has 1 aromatic rings. The second-order valence-corrected chi connectivity index (χ2v) is 6.84. The third-order valence-electron chi connectivity index (χ3n) is 5.37. The number of nitriles is 2. The Morgan fingerprint density at radius 2 is 1.70 bits per heavy atom. The smallest absolute Gasteiger partial charge is 0.242 e. The molecule has 2 aliphatic rings. The van der Waals surface area contributed by atoms with Crippen LogP contribution in [-0.2, 0) is 4.79 Å². The summed E-state index contributed by atoms with van der Waals surface area (Å²) >= 11 is 5.22. The number of thiocarbonyl (C=S) groups is 1. The van der Waals surface area contributed by atoms with Gasteiger partial charge in [-0.1, -0.05) is 42.5 Å². The van der Waals surface area contributed by atoms with Gasteiger partial charge >= 0.3 is 0 Å². The van der Waals surface area contributed by atoms with Crippen molar-refractivity contribution in [1.82, 2.24) is 5.32 Å². The van der Waals surface area contributed by atoms with Crippen molar-refractivity contribution in [3.05, 3.63) is 35.9 Å². The maximum atomic E-state index is 12.2. The Morgan fingerprint density at radius 1 is 1.09 bits per heavy atom. The molecule has 1 aromatic carbocycles. The molecule has 1 aliphatic carbocycles. The van der Waals surface area contributed by atoms with Crippen molar-refractivity contribution in [1.29, 1.82) is 10.5 Å². The van der Waals surface area contributed by atoms with Crippen LogP contribution >= 0.6 is 12.2 Å². The van der Waals surface area contributed by atoms with Gasteiger partial charge in [-0.25, -0.2) is 0 Å². The van der Waals surface area contributed by atoms with Crippen LogP contribution in [0.2, 0.25) is 0 Å². The molecule has 0 bridgehead atoms. The van der Waals surface area contributed by atoms with Crippen LogP contribution in [0.15, 0.2) is 30.3 Å². The van der Waals surface area contributed by atoms with E-state index in [1.165, 1.54) is 5.56 Å². The zero-order chi connectivity index (χ0) is 16.4. The molecule has 2 atom stereocenters. The molecular formula is C18H17N3OS. The number of carbonyl (C=O) groups is 1. The molecule has 4 nitrogen and oxygen atoms in total. The molecule has 1 aliphatic heterocycles. The maximum absolute atomic E-state index is 12.2. The summed E-state index contributed by atoms with van der Waals surface area (Å²) in [5.74, 6) is -1.28. The Bertz CT molecular complexity index is 674. The molecule has 1 amide bonds. The lowest BCUT2D eigenvalue weighted by Crippen LogP contribution is -2.57. The highest BCUT2D eigenvalue weighted by Crippen LogP contribution is 2.53. The number of hydrogen-bond donors (Lipinski definition) is 1. The summed E-state index contributed by atoms with van der Waals surface area (Å²) in [5.41, 5.74) is 0.654. The first-order valence-corrected chi connectivity index (χ1v) is 8.22. The predicted octanol–water partition coefficient (Wildman–Crippen LogP) is 3.07. The Hall–Kier alpha value is -2.24. The minimum atomic E-state index is -0.796. The van der Waals surface area contributed by atoms with Gasteiger partial charge < -0.3 is 5.32 Å². The first-order chi connectivity index (χ1) is 11.1. The molecule has 1 spiro atoms. The number of benzene rings is 1. The van der Waals surface area contributed by atoms with Gasteiger partial charge in [0.1, 0.15) is 11.8 Å². The normalized spacial score (nSPS) is 33.6. The monoisotopic (exact) mass is 323 g/mol. The SMILES string of the molecule is N#CC1C(=O)NC(=S)C(C#N)C12CCC(c1ccccc1)CC2. The molecule has 2 fully saturated rings. The number of hydrogen-bond acceptors (Lipinski definition) is 4. The Kier molecular flexibility index (Phi) is 4.15. The Morgan fingerprint density at radius 3 is 2.26 bits per heavy atom. The van der Waals surface area contributed by atoms with Crippen molar-refractivity contribution < 1.29 is 4.79 Å². The molecule has 0 aromatic heterocycles. The standard InChI is InChI=1S/C18H17N3OS/c19-10-14-16(22)21-17(23)15(11-20)18(14)8-6-13(7-9-18)12-4-2-1-3-5-12/h1-5,13-15H,6-9H2,(H,21,22,23). The van der Waals surface area contributed by atoms with Gasteiger partial charge in [0.05, 0.1) is 17.1 Å². The molecule has 23 heavy (non-hydrogen) atoms. The molecule has 116 valence electrons. The van der Waals surface area contributed by atoms with Crippen LogP contribution in [0.4, 0.5) is 0 Å². The highest BCUT2D eigenvalue weighted by molar-refractivity contribution is 7.80. The number of piperidine rings is 1. The molecule has 0 radical (unpaired) electrons. The van der Waals surface area contributed by atoms with E-state index in [0.29, 0.717) is 18.8 Å². The molecule has 1 N–H and O–H groups in total. The lowest BCUT2D eigenvalue weighted by Gasteiger charge is -2.47. The van der Waals surface area contributed by atoms with Crippen molar-refractivity contribution in [3.8, 4) is 12.1 Å². The molecule has 3 rings (SSSR count). The first kappa shape index (κ1) is 15.6. The Labute approximate surface area is 141 Å². The quantitative estimate of drug-likeness (QED) is 0.806. The number of rotatable bonds is 1. The largest absolute Gasteiger partial charge is 0.318 e. The van der Waals surface area contributed by atoms with Gasteiger partial charge in [0.25, 0.3) is 0 Å². The molecule has 1 saturated carbocycles. The molecule has 5 heteroatoms. The number of amides is 1. The van der Waals surface area contributed by atoms with E-state index in [2.05, 4.69) is 29.6 Å². The van der Waals surface area contributed by atoms with E-state index >= 15 is 0 Å². The third kappa shape index (κ3) is 2.52. The van der Waals surface area contributed by atoms with Gasteiger partial charge in [-0.15, -0.1) is 0 Å². The summed E-state index contributed by atoms with van der Waals surface area (Å²) in [6.45, 7) is 0. The summed E-state index contributed by atoms with van der Waals surface area (Å²) < 4.78 is 0. The van der Waals surface area contributed by atoms with Crippen LogP contribution < -0.4 is 5.32 Å². The van der Waals surface area contributed by atoms with Crippen LogP contribution in [0.25, 0.3) is 0 Å². The summed E-state index contributed by atoms with van der Waals surface area (Å²) in [6, 6.07) is 14.7. The fourth-order valence-electron chi connectivity index (χ4n) is 4.12. The van der Waals surface area contributed by atoms with Crippen LogP contribution in [-0.4, -0.2) is 10.9 Å². The van der Waals surface area contributed by atoms with Crippen molar-refractivity contribution in [3.63, 3.8) is 0 Å². The van der Waals surface area contributed by atoms with Crippen LogP contribution in [0.5, 0.6) is 0 Å². The lowest BCUT2D eigenvalue weighted by atomic mass is 9.56. The third-order valence-corrected chi connectivity index (χ3v) is 5.70. The van der Waals surface area contributed by atoms with E-state index in [9.17, 15) is 15.3 Å². The Balaban J connectivity index is 1.89. The number of carbonyl (C=O) groups excluding carboxylic acids is 1. The zero-order valence-corrected chi connectivity index (χ0v) is 13.5. The van der Waals surface area contributed by atoms with E-state index in [1.807, 2.05) is 18.2 Å². The molecule has 1 heterocycles. The van der Waals surface area contributed by atoms with Crippen molar-refractivity contribution >= 4 is 23.1 Å². The van der Waals surface area contributed by atoms with E-state index in [1.54, 1.807) is 0 Å². The fourth-order valence-corrected chi connectivity index (χ4v) is 4.51. The average Bonchev–Trinajstić information content (AvgIpc) is 2.57. The highest BCUT2D eigenvalue weighted by Gasteiger charge is 2.55. The second-order valence-electron chi connectivity index (χ2n) is 6.40. The fraction of sp³-hybridized carbons (Fsp3) is 0.444. The highest BCUT2D eigenvalue weighted by atomic mass is 32.1. The van der Waals surface area contributed by atoms with Crippen molar-refractivity contribution in [2.24, 2.45) is 17.3 Å². The summed E-state index contributed by atoms with van der Waals surface area (Å²) in [5, 5.41) is 21.6. The van der Waals surface area contributed by atoms with Crippen LogP contribution in [0, 0.1) is 39.9 Å². The van der Waals surface area contributed by atoms with Crippen molar-refractivity contribution in [2.45, 2.75) is 31.6 Å². The van der Waals surface area contributed by atoms with E-state index in [4.69, 9.17) is 12.2 Å². The second kappa shape index (κ2) is 6.10. The minimum Gasteiger partial charge on any atom is -0.318 e. The zero-order valence-electron chi connectivity index (χ0n) is 12.7. The summed E-state index contributed by atoms with van der Waals surface area (Å²) in [4.78, 5) is 12.5. The topological polar surface area (TPSA) is 76.7 Å². The lowest BCUT2D eigenvalue weighted by molar-refractivity contribution is -0.128. The van der Waals surface area contributed by atoms with Crippen LogP contribution in [0.1, 0.15) is 37.2 Å². The average molecular weight is 323 g/mol. The van der Waals surface area contributed by atoms with Gasteiger partial charge in [-0.3, -0.25) is 4.79 Å². The van der Waals surface area contributed by atoms with Gasteiger partial charge in [0.2, 0.25) is 5.91 Å². The van der Waals surface area contributed by atoms with E-state index < -0.39 is 17.3 Å². The van der Waals surface area contributed by atoms with Gasteiger partial charge in [-0.05, 0) is 37.2 Å². The molecular weight excluding hydrogens is 306 g/mol. The minimum absolute atomic E-state index is 0.280. The first-order valence-electron chi connectivity index (χ1n) is 7.81. The van der Waals surface area contributed by atoms with Gasteiger partial charge in [-0.2, -0.15) is 10.5 Å². The van der Waals surface area contributed by atoms with E-state index in [0.717, 1.165) is 12.8 Å². The molecule has 1 saturated heterocycles. The predicted molar refractivity (Wildman–Crippen MR) is 89.0 cm³/mol. The summed E-state index contributed by atoms with van der Waals surface area (Å²) in [7, 11) is 0. The van der Waals surface area contributed by atoms with Crippen molar-refractivity contribution in [2.75, 3.05) is 0 Å². The number of nitrogens with one attached hydrogen (secondary N) is 1. The van der Waals surface area contributed by atoms with Gasteiger partial charge in [0, 0.05) is 5.41 Å². The number of nitrogens with zero attached hydrogens (tertiary/aromatic N) is 2. The van der Waals surface area contributed by atoms with E-state index in [-0.39, 0.29) is 10.9 Å². The maximum Gasteiger partial charge on any atom is 0.242 e. The summed E-state index contributed by atoms with van der Waals surface area (Å²) in [6.07, 6.45) is 3.10. The molecule has 2 unspecified atom stereocenters. The van der Waals surface area contributed by atoms with Gasteiger partial charge in [0.15, 0.2) is 0 Å².